The van der Waals surface area contributed by atoms with E-state index in [4.69, 9.17) is 9.47 Å². The fourth-order valence-electron chi connectivity index (χ4n) is 3.20. The van der Waals surface area contributed by atoms with Crippen LogP contribution in [0.3, 0.4) is 0 Å². The molecule has 5 nitrogen and oxygen atoms in total. The highest BCUT2D eigenvalue weighted by Gasteiger charge is 2.28. The van der Waals surface area contributed by atoms with Gasteiger partial charge in [-0.1, -0.05) is 13.8 Å². The van der Waals surface area contributed by atoms with Gasteiger partial charge >= 0.3 is 0 Å². The number of nitrogens with zero attached hydrogens (tertiary/aromatic N) is 1. The maximum absolute atomic E-state index is 10.6. The van der Waals surface area contributed by atoms with Gasteiger partial charge in [0.2, 0.25) is 0 Å². The maximum Gasteiger partial charge on any atom is 0.131 e. The number of piperazine rings is 1. The van der Waals surface area contributed by atoms with Crippen molar-refractivity contribution in [2.45, 2.75) is 32.7 Å². The molecule has 1 aliphatic rings. The van der Waals surface area contributed by atoms with E-state index in [1.54, 1.807) is 20.3 Å². The summed E-state index contributed by atoms with van der Waals surface area (Å²) < 4.78 is 10.8. The molecule has 0 aliphatic carbocycles. The number of nitrogens with one attached hydrogen (secondary N) is 1. The Morgan fingerprint density at radius 1 is 1.13 bits per heavy atom. The van der Waals surface area contributed by atoms with Crippen molar-refractivity contribution in [2.75, 3.05) is 40.4 Å². The molecule has 5 heteroatoms. The van der Waals surface area contributed by atoms with Gasteiger partial charge in [-0.25, -0.2) is 0 Å². The zero-order valence-electron chi connectivity index (χ0n) is 14.8. The van der Waals surface area contributed by atoms with Crippen LogP contribution in [-0.2, 0) is 0 Å². The van der Waals surface area contributed by atoms with Gasteiger partial charge in [0.05, 0.1) is 19.8 Å². The van der Waals surface area contributed by atoms with Gasteiger partial charge in [0, 0.05) is 44.4 Å². The highest BCUT2D eigenvalue weighted by Crippen LogP contribution is 2.42. The largest absolute Gasteiger partial charge is 0.507 e. The minimum Gasteiger partial charge on any atom is -0.507 e. The number of hydrogen-bond donors (Lipinski definition) is 2. The topological polar surface area (TPSA) is 54.0 Å². The van der Waals surface area contributed by atoms with Gasteiger partial charge in [-0.05, 0) is 18.8 Å². The third kappa shape index (κ3) is 4.52. The van der Waals surface area contributed by atoms with E-state index in [2.05, 4.69) is 24.1 Å². The Bertz CT molecular complexity index is 499. The standard InChI is InChI=1S/C18H30N2O3/c1-13(2)5-6-15(20-9-7-19-8-10-20)18-16(21)11-14(22-3)12-17(18)23-4/h11-13,15,19,21H,5-10H2,1-4H3/t15-/m1/s1. The predicted molar refractivity (Wildman–Crippen MR) is 92.5 cm³/mol. The van der Waals surface area contributed by atoms with Gasteiger partial charge in [-0.15, -0.1) is 0 Å². The molecule has 0 spiro atoms. The molecule has 0 unspecified atom stereocenters. The third-order valence-electron chi connectivity index (χ3n) is 4.49. The van der Waals surface area contributed by atoms with Crippen molar-refractivity contribution in [2.24, 2.45) is 5.92 Å². The Hall–Kier alpha value is -1.46. The molecule has 0 bridgehead atoms. The van der Waals surface area contributed by atoms with Crippen LogP contribution in [0.5, 0.6) is 17.2 Å². The molecular weight excluding hydrogens is 292 g/mol. The lowest BCUT2D eigenvalue weighted by molar-refractivity contribution is 0.154. The molecule has 1 fully saturated rings. The summed E-state index contributed by atoms with van der Waals surface area (Å²) in [5.41, 5.74) is 0.885. The van der Waals surface area contributed by atoms with Crippen molar-refractivity contribution in [1.29, 1.82) is 0 Å². The molecule has 23 heavy (non-hydrogen) atoms. The monoisotopic (exact) mass is 322 g/mol. The van der Waals surface area contributed by atoms with Gasteiger partial charge in [0.15, 0.2) is 0 Å². The van der Waals surface area contributed by atoms with Crippen molar-refractivity contribution in [1.82, 2.24) is 10.2 Å². The van der Waals surface area contributed by atoms with Crippen LogP contribution in [0.2, 0.25) is 0 Å². The molecule has 1 aromatic rings. The number of methoxy groups -OCH3 is 2. The van der Waals surface area contributed by atoms with E-state index in [0.717, 1.165) is 44.6 Å². The number of ether oxygens (including phenoxy) is 2. The van der Waals surface area contributed by atoms with E-state index >= 15 is 0 Å². The first kappa shape index (κ1) is 17.9. The number of rotatable bonds is 7. The second-order valence-corrected chi connectivity index (χ2v) is 6.54. The Labute approximate surface area is 139 Å². The lowest BCUT2D eigenvalue weighted by Gasteiger charge is -2.36. The van der Waals surface area contributed by atoms with Crippen molar-refractivity contribution in [3.63, 3.8) is 0 Å². The first-order valence-electron chi connectivity index (χ1n) is 8.46. The Balaban J connectivity index is 2.36. The number of benzene rings is 1. The normalized spacial score (nSPS) is 17.3. The SMILES string of the molecule is COc1cc(O)c([C@@H](CCC(C)C)N2CCNCC2)c(OC)c1. The second kappa shape index (κ2) is 8.41. The Kier molecular flexibility index (Phi) is 6.54. The van der Waals surface area contributed by atoms with Gasteiger partial charge in [-0.3, -0.25) is 4.90 Å². The van der Waals surface area contributed by atoms with E-state index in [-0.39, 0.29) is 11.8 Å². The van der Waals surface area contributed by atoms with Gasteiger partial charge < -0.3 is 19.9 Å². The first-order chi connectivity index (χ1) is 11.1. The van der Waals surface area contributed by atoms with Crippen LogP contribution in [0.1, 0.15) is 38.3 Å². The Morgan fingerprint density at radius 3 is 2.39 bits per heavy atom. The van der Waals surface area contributed by atoms with Crippen LogP contribution in [0.4, 0.5) is 0 Å². The third-order valence-corrected chi connectivity index (χ3v) is 4.49. The van der Waals surface area contributed by atoms with E-state index < -0.39 is 0 Å². The summed E-state index contributed by atoms with van der Waals surface area (Å²) in [5.74, 6) is 2.21. The molecule has 0 radical (unpaired) electrons. The molecular formula is C18H30N2O3. The first-order valence-corrected chi connectivity index (χ1v) is 8.46. The summed E-state index contributed by atoms with van der Waals surface area (Å²) in [7, 11) is 3.25. The lowest BCUT2D eigenvalue weighted by Crippen LogP contribution is -2.45. The van der Waals surface area contributed by atoms with E-state index in [1.165, 1.54) is 0 Å². The average molecular weight is 322 g/mol. The fourth-order valence-corrected chi connectivity index (χ4v) is 3.20. The summed E-state index contributed by atoms with van der Waals surface area (Å²) >= 11 is 0. The van der Waals surface area contributed by atoms with Crippen molar-refractivity contribution in [3.05, 3.63) is 17.7 Å². The minimum atomic E-state index is 0.167. The van der Waals surface area contributed by atoms with E-state index in [9.17, 15) is 5.11 Å². The fraction of sp³-hybridized carbons (Fsp3) is 0.667. The molecule has 130 valence electrons. The van der Waals surface area contributed by atoms with Crippen molar-refractivity contribution < 1.29 is 14.6 Å². The van der Waals surface area contributed by atoms with E-state index in [0.29, 0.717) is 17.4 Å². The molecule has 1 atom stereocenters. The van der Waals surface area contributed by atoms with Crippen LogP contribution in [0.25, 0.3) is 0 Å². The van der Waals surface area contributed by atoms with Crippen molar-refractivity contribution >= 4 is 0 Å². The van der Waals surface area contributed by atoms with E-state index in [1.807, 2.05) is 6.07 Å². The quantitative estimate of drug-likeness (QED) is 0.808. The predicted octanol–water partition coefficient (Wildman–Crippen LogP) is 2.79. The molecule has 0 amide bonds. The number of hydrogen-bond acceptors (Lipinski definition) is 5. The summed E-state index contributed by atoms with van der Waals surface area (Å²) in [6.45, 7) is 8.41. The Morgan fingerprint density at radius 2 is 1.83 bits per heavy atom. The maximum atomic E-state index is 10.6. The van der Waals surface area contributed by atoms with Crippen LogP contribution in [0.15, 0.2) is 12.1 Å². The summed E-state index contributed by atoms with van der Waals surface area (Å²) in [4.78, 5) is 2.45. The zero-order chi connectivity index (χ0) is 16.8. The average Bonchev–Trinajstić information content (AvgIpc) is 2.56. The molecule has 1 saturated heterocycles. The molecule has 0 aromatic heterocycles. The van der Waals surface area contributed by atoms with Gasteiger partial charge in [0.1, 0.15) is 17.2 Å². The molecule has 1 aliphatic heterocycles. The molecule has 2 N–H and O–H groups in total. The minimum absolute atomic E-state index is 0.167. The van der Waals surface area contributed by atoms with Crippen LogP contribution >= 0.6 is 0 Å². The van der Waals surface area contributed by atoms with Crippen LogP contribution in [0, 0.1) is 5.92 Å². The number of aromatic hydroxyl groups is 1. The summed E-state index contributed by atoms with van der Waals surface area (Å²) in [5, 5.41) is 14.0. The molecule has 2 rings (SSSR count). The second-order valence-electron chi connectivity index (χ2n) is 6.54. The number of phenols is 1. The lowest BCUT2D eigenvalue weighted by atomic mass is 9.94. The van der Waals surface area contributed by atoms with Crippen LogP contribution < -0.4 is 14.8 Å². The number of phenolic OH excluding ortho intramolecular Hbond substituents is 1. The van der Waals surface area contributed by atoms with Crippen LogP contribution in [-0.4, -0.2) is 50.4 Å². The molecule has 1 heterocycles. The van der Waals surface area contributed by atoms with Gasteiger partial charge in [0.25, 0.3) is 0 Å². The smallest absolute Gasteiger partial charge is 0.131 e. The zero-order valence-corrected chi connectivity index (χ0v) is 14.8. The van der Waals surface area contributed by atoms with Crippen molar-refractivity contribution in [3.8, 4) is 17.2 Å². The summed E-state index contributed by atoms with van der Waals surface area (Å²) in [6, 6.07) is 3.71. The highest BCUT2D eigenvalue weighted by molar-refractivity contribution is 5.51. The highest BCUT2D eigenvalue weighted by atomic mass is 16.5. The van der Waals surface area contributed by atoms with Gasteiger partial charge in [-0.2, -0.15) is 0 Å². The molecule has 1 aromatic carbocycles. The molecule has 0 saturated carbocycles. The summed E-state index contributed by atoms with van der Waals surface area (Å²) in [6.07, 6.45) is 2.12.